The second kappa shape index (κ2) is 6.40. The zero-order chi connectivity index (χ0) is 19.3. The van der Waals surface area contributed by atoms with Gasteiger partial charge in [0.2, 0.25) is 0 Å². The van der Waals surface area contributed by atoms with E-state index in [0.29, 0.717) is 22.3 Å². The van der Waals surface area contributed by atoms with Crippen LogP contribution in [-0.2, 0) is 11.3 Å². The molecule has 0 spiro atoms. The van der Waals surface area contributed by atoms with Gasteiger partial charge in [-0.1, -0.05) is 19.9 Å². The first-order chi connectivity index (χ1) is 12.7. The van der Waals surface area contributed by atoms with Gasteiger partial charge in [0.05, 0.1) is 7.11 Å². The predicted octanol–water partition coefficient (Wildman–Crippen LogP) is 3.40. The van der Waals surface area contributed by atoms with E-state index in [1.807, 2.05) is 18.2 Å². The van der Waals surface area contributed by atoms with E-state index in [-0.39, 0.29) is 12.1 Å². The predicted molar refractivity (Wildman–Crippen MR) is 105 cm³/mol. The molecule has 27 heavy (non-hydrogen) atoms. The Bertz CT molecular complexity index is 729. The zero-order valence-electron chi connectivity index (χ0n) is 16.8. The van der Waals surface area contributed by atoms with E-state index in [4.69, 9.17) is 15.2 Å². The van der Waals surface area contributed by atoms with E-state index in [1.54, 1.807) is 7.11 Å². The normalized spacial score (nSPS) is 36.6. The number of ether oxygens (including phenoxy) is 2. The zero-order valence-corrected chi connectivity index (χ0v) is 16.8. The molecule has 0 saturated heterocycles. The molecule has 5 rings (SSSR count). The van der Waals surface area contributed by atoms with Crippen molar-refractivity contribution in [2.45, 2.75) is 64.5 Å². The summed E-state index contributed by atoms with van der Waals surface area (Å²) in [5.74, 6) is 1.57. The van der Waals surface area contributed by atoms with E-state index in [0.717, 1.165) is 12.5 Å². The molecule has 0 heterocycles. The van der Waals surface area contributed by atoms with Gasteiger partial charge in [-0.3, -0.25) is 4.79 Å². The lowest BCUT2D eigenvalue weighted by Crippen LogP contribution is -2.63. The van der Waals surface area contributed by atoms with Crippen molar-refractivity contribution in [3.8, 4) is 11.5 Å². The van der Waals surface area contributed by atoms with Gasteiger partial charge in [-0.2, -0.15) is 0 Å². The second-order valence-electron chi connectivity index (χ2n) is 10.0. The lowest BCUT2D eigenvalue weighted by molar-refractivity contribution is -0.120. The Morgan fingerprint density at radius 2 is 1.85 bits per heavy atom. The highest BCUT2D eigenvalue weighted by Gasteiger charge is 2.59. The number of nitrogens with two attached hydrogens (primary N) is 1. The van der Waals surface area contributed by atoms with E-state index in [2.05, 4.69) is 19.2 Å². The van der Waals surface area contributed by atoms with Gasteiger partial charge in [0.15, 0.2) is 18.1 Å². The maximum absolute atomic E-state index is 10.9. The van der Waals surface area contributed by atoms with Crippen LogP contribution in [0.5, 0.6) is 11.5 Å². The van der Waals surface area contributed by atoms with Crippen molar-refractivity contribution in [3.63, 3.8) is 0 Å². The van der Waals surface area contributed by atoms with Crippen LogP contribution in [0.4, 0.5) is 0 Å². The molecule has 5 nitrogen and oxygen atoms in total. The van der Waals surface area contributed by atoms with Gasteiger partial charge in [0.1, 0.15) is 0 Å². The number of hydrogen-bond donors (Lipinski definition) is 2. The van der Waals surface area contributed by atoms with Crippen LogP contribution in [0, 0.1) is 16.7 Å². The summed E-state index contributed by atoms with van der Waals surface area (Å²) in [7, 11) is 1.62. The molecule has 0 aromatic heterocycles. The largest absolute Gasteiger partial charge is 0.493 e. The summed E-state index contributed by atoms with van der Waals surface area (Å²) in [6, 6.07) is 5.89. The summed E-state index contributed by atoms with van der Waals surface area (Å²) >= 11 is 0. The van der Waals surface area contributed by atoms with Gasteiger partial charge in [-0.25, -0.2) is 0 Å². The number of nitrogens with one attached hydrogen (secondary N) is 1. The summed E-state index contributed by atoms with van der Waals surface area (Å²) in [4.78, 5) is 10.9. The maximum atomic E-state index is 10.9. The van der Waals surface area contributed by atoms with Crippen molar-refractivity contribution in [2.24, 2.45) is 22.5 Å². The van der Waals surface area contributed by atoms with Crippen LogP contribution in [0.15, 0.2) is 18.2 Å². The van der Waals surface area contributed by atoms with Gasteiger partial charge in [0, 0.05) is 12.1 Å². The van der Waals surface area contributed by atoms with Gasteiger partial charge in [0.25, 0.3) is 5.91 Å². The number of methoxy groups -OCH3 is 1. The average Bonchev–Trinajstić information content (AvgIpc) is 2.55. The first-order valence-electron chi connectivity index (χ1n) is 10.1. The number of primary amides is 1. The van der Waals surface area contributed by atoms with Crippen LogP contribution >= 0.6 is 0 Å². The van der Waals surface area contributed by atoms with Crippen molar-refractivity contribution in [3.05, 3.63) is 23.8 Å². The third-order valence-electron chi connectivity index (χ3n) is 6.89. The minimum Gasteiger partial charge on any atom is -0.493 e. The van der Waals surface area contributed by atoms with Crippen molar-refractivity contribution in [2.75, 3.05) is 13.7 Å². The van der Waals surface area contributed by atoms with E-state index in [9.17, 15) is 4.79 Å². The van der Waals surface area contributed by atoms with Crippen molar-refractivity contribution in [1.82, 2.24) is 5.32 Å². The second-order valence-corrected chi connectivity index (χ2v) is 10.0. The molecule has 4 aliphatic carbocycles. The monoisotopic (exact) mass is 372 g/mol. The van der Waals surface area contributed by atoms with Crippen molar-refractivity contribution in [1.29, 1.82) is 0 Å². The summed E-state index contributed by atoms with van der Waals surface area (Å²) in [5.41, 5.74) is 7.62. The van der Waals surface area contributed by atoms with Crippen LogP contribution in [0.25, 0.3) is 0 Å². The van der Waals surface area contributed by atoms with Gasteiger partial charge in [-0.05, 0) is 73.0 Å². The Morgan fingerprint density at radius 1 is 1.15 bits per heavy atom. The molecular weight excluding hydrogens is 340 g/mol. The lowest BCUT2D eigenvalue weighted by atomic mass is 9.43. The topological polar surface area (TPSA) is 73.6 Å². The molecular formula is C22H32N2O3. The molecule has 4 saturated carbocycles. The number of hydrogen-bond acceptors (Lipinski definition) is 4. The van der Waals surface area contributed by atoms with Crippen LogP contribution in [0.1, 0.15) is 57.9 Å². The van der Waals surface area contributed by atoms with Crippen molar-refractivity contribution < 1.29 is 14.3 Å². The third kappa shape index (κ3) is 3.66. The number of rotatable bonds is 7. The minimum absolute atomic E-state index is 0.143. The molecule has 0 aliphatic heterocycles. The number of amides is 1. The molecule has 148 valence electrons. The smallest absolute Gasteiger partial charge is 0.255 e. The van der Waals surface area contributed by atoms with E-state index < -0.39 is 5.91 Å². The van der Waals surface area contributed by atoms with Crippen LogP contribution < -0.4 is 20.5 Å². The first kappa shape index (κ1) is 18.6. The fourth-order valence-corrected chi connectivity index (χ4v) is 7.02. The summed E-state index contributed by atoms with van der Waals surface area (Å²) in [6.07, 6.45) is 8.11. The fraction of sp³-hybridized carbons (Fsp3) is 0.682. The van der Waals surface area contributed by atoms with Gasteiger partial charge in [-0.15, -0.1) is 0 Å². The molecule has 0 unspecified atom stereocenters. The summed E-state index contributed by atoms with van der Waals surface area (Å²) in [6.45, 7) is 5.68. The molecule has 1 aromatic rings. The summed E-state index contributed by atoms with van der Waals surface area (Å²) < 4.78 is 10.9. The highest BCUT2D eigenvalue weighted by atomic mass is 16.5. The van der Waals surface area contributed by atoms with E-state index in [1.165, 1.54) is 44.1 Å². The standard InChI is InChI=1S/C22H32N2O3/c1-20-7-16-8-21(2,12-20)14-22(9-16,13-20)24-10-15-4-5-17(18(6-15)26-3)27-11-19(23)25/h4-6,16,24H,7-14H2,1-3H3,(H2,23,25)/t16?,20-,21-,22?/m1/s1. The summed E-state index contributed by atoms with van der Waals surface area (Å²) in [5, 5.41) is 3.94. The van der Waals surface area contributed by atoms with Crippen LogP contribution in [0.3, 0.4) is 0 Å². The molecule has 4 bridgehead atoms. The molecule has 5 heteroatoms. The van der Waals surface area contributed by atoms with Crippen molar-refractivity contribution >= 4 is 5.91 Å². The number of carbonyl (C=O) groups excluding carboxylic acids is 1. The lowest BCUT2D eigenvalue weighted by Gasteiger charge is -2.65. The molecule has 4 aliphatic rings. The highest BCUT2D eigenvalue weighted by Crippen LogP contribution is 2.66. The van der Waals surface area contributed by atoms with Gasteiger partial charge >= 0.3 is 0 Å². The minimum atomic E-state index is -0.494. The van der Waals surface area contributed by atoms with Crippen LogP contribution in [0.2, 0.25) is 0 Å². The molecule has 1 amide bonds. The third-order valence-corrected chi connectivity index (χ3v) is 6.89. The number of carbonyl (C=O) groups is 1. The fourth-order valence-electron chi connectivity index (χ4n) is 7.02. The Morgan fingerprint density at radius 3 is 2.44 bits per heavy atom. The molecule has 3 N–H and O–H groups in total. The van der Waals surface area contributed by atoms with Gasteiger partial charge < -0.3 is 20.5 Å². The first-order valence-corrected chi connectivity index (χ1v) is 10.1. The quantitative estimate of drug-likeness (QED) is 0.769. The Hall–Kier alpha value is -1.75. The Labute approximate surface area is 162 Å². The van der Waals surface area contributed by atoms with E-state index >= 15 is 0 Å². The van der Waals surface area contributed by atoms with Crippen LogP contribution in [-0.4, -0.2) is 25.2 Å². The molecule has 0 radical (unpaired) electrons. The number of benzene rings is 1. The maximum Gasteiger partial charge on any atom is 0.255 e. The average molecular weight is 373 g/mol. The molecule has 2 atom stereocenters. The SMILES string of the molecule is COc1cc(CNC23CC4C[C@@](C)(C2)C[C@@](C)(C4)C3)ccc1OCC(N)=O. The molecule has 1 aromatic carbocycles. The Kier molecular flexibility index (Phi) is 4.41. The Balaban J connectivity index is 1.46. The molecule has 4 fully saturated rings. The highest BCUT2D eigenvalue weighted by molar-refractivity contribution is 5.75.